The van der Waals surface area contributed by atoms with Crippen molar-refractivity contribution in [2.45, 2.75) is 12.8 Å². The molecule has 1 aliphatic heterocycles. The van der Waals surface area contributed by atoms with E-state index in [9.17, 15) is 9.59 Å². The number of carbonyl (C=O) groups excluding carboxylic acids is 2. The van der Waals surface area contributed by atoms with Crippen molar-refractivity contribution >= 4 is 35.1 Å². The second kappa shape index (κ2) is 9.15. The van der Waals surface area contributed by atoms with Gasteiger partial charge in [0, 0.05) is 13.1 Å². The largest absolute Gasteiger partial charge is 0.487 e. The highest BCUT2D eigenvalue weighted by atomic mass is 35.5. The second-order valence-corrected chi connectivity index (χ2v) is 6.92. The van der Waals surface area contributed by atoms with Crippen molar-refractivity contribution < 1.29 is 23.5 Å². The zero-order valence-corrected chi connectivity index (χ0v) is 16.0. The molecule has 0 saturated carbocycles. The van der Waals surface area contributed by atoms with Crippen molar-refractivity contribution in [3.8, 4) is 5.75 Å². The Labute approximate surface area is 166 Å². The maximum atomic E-state index is 12.2. The van der Waals surface area contributed by atoms with Gasteiger partial charge < -0.3 is 18.8 Å². The predicted molar refractivity (Wildman–Crippen MR) is 100 cm³/mol. The van der Waals surface area contributed by atoms with Crippen LogP contribution in [0.15, 0.2) is 41.0 Å². The van der Waals surface area contributed by atoms with Crippen LogP contribution in [0.3, 0.4) is 0 Å². The summed E-state index contributed by atoms with van der Waals surface area (Å²) in [5, 5.41) is 0.810. The maximum absolute atomic E-state index is 12.2. The highest BCUT2D eigenvalue weighted by Gasteiger charge is 2.29. The van der Waals surface area contributed by atoms with E-state index >= 15 is 0 Å². The fourth-order valence-corrected chi connectivity index (χ4v) is 3.41. The van der Waals surface area contributed by atoms with Crippen molar-refractivity contribution in [3.05, 3.63) is 52.4 Å². The molecule has 1 aromatic carbocycles. The lowest BCUT2D eigenvalue weighted by Gasteiger charge is -2.30. The van der Waals surface area contributed by atoms with Gasteiger partial charge in [-0.2, -0.15) is 0 Å². The summed E-state index contributed by atoms with van der Waals surface area (Å²) in [6, 6.07) is 8.38. The summed E-state index contributed by atoms with van der Waals surface area (Å²) in [5.74, 6) is 0.0216. The zero-order valence-electron chi connectivity index (χ0n) is 14.5. The normalized spacial score (nSPS) is 14.8. The average molecular weight is 412 g/mol. The van der Waals surface area contributed by atoms with Crippen molar-refractivity contribution in [3.63, 3.8) is 0 Å². The first kappa shape index (κ1) is 19.6. The standard InChI is InChI=1S/C19H19Cl2NO5/c20-14-3-1-4-15(21)17(14)26-11-12-27-19(24)13-6-8-22(9-7-13)18(23)16-5-2-10-25-16/h1-5,10,13H,6-9,11-12H2. The topological polar surface area (TPSA) is 69.0 Å². The van der Waals surface area contributed by atoms with Gasteiger partial charge >= 0.3 is 5.97 Å². The molecule has 3 rings (SSSR count). The van der Waals surface area contributed by atoms with Crippen LogP contribution in [0.2, 0.25) is 10.0 Å². The fraction of sp³-hybridized carbons (Fsp3) is 0.368. The Morgan fingerprint density at radius 1 is 1.07 bits per heavy atom. The predicted octanol–water partition coefficient (Wildman–Crippen LogP) is 4.06. The van der Waals surface area contributed by atoms with Gasteiger partial charge in [-0.15, -0.1) is 0 Å². The molecule has 0 N–H and O–H groups in total. The number of carbonyl (C=O) groups is 2. The fourth-order valence-electron chi connectivity index (χ4n) is 2.90. The highest BCUT2D eigenvalue weighted by Crippen LogP contribution is 2.32. The van der Waals surface area contributed by atoms with Gasteiger partial charge in [0.25, 0.3) is 5.91 Å². The monoisotopic (exact) mass is 411 g/mol. The van der Waals surface area contributed by atoms with E-state index in [1.165, 1.54) is 6.26 Å². The van der Waals surface area contributed by atoms with Gasteiger partial charge in [-0.3, -0.25) is 9.59 Å². The average Bonchev–Trinajstić information content (AvgIpc) is 3.21. The minimum Gasteiger partial charge on any atom is -0.487 e. The minimum absolute atomic E-state index is 0.103. The number of halogens is 2. The number of amides is 1. The van der Waals surface area contributed by atoms with E-state index in [0.717, 1.165) is 0 Å². The lowest BCUT2D eigenvalue weighted by Crippen LogP contribution is -2.40. The van der Waals surface area contributed by atoms with E-state index in [-0.39, 0.29) is 31.0 Å². The number of ether oxygens (including phenoxy) is 2. The van der Waals surface area contributed by atoms with Crippen LogP contribution >= 0.6 is 23.2 Å². The quantitative estimate of drug-likeness (QED) is 0.529. The Morgan fingerprint density at radius 2 is 1.78 bits per heavy atom. The van der Waals surface area contributed by atoms with Crippen molar-refractivity contribution in [2.24, 2.45) is 5.92 Å². The molecule has 0 bridgehead atoms. The van der Waals surface area contributed by atoms with Crippen LogP contribution in [0, 0.1) is 5.92 Å². The van der Waals surface area contributed by atoms with E-state index in [2.05, 4.69) is 0 Å². The summed E-state index contributed by atoms with van der Waals surface area (Å²) in [5.41, 5.74) is 0. The Balaban J connectivity index is 1.39. The lowest BCUT2D eigenvalue weighted by molar-refractivity contribution is -0.150. The van der Waals surface area contributed by atoms with Crippen LogP contribution in [-0.4, -0.2) is 43.1 Å². The molecular formula is C19H19Cl2NO5. The number of esters is 1. The second-order valence-electron chi connectivity index (χ2n) is 6.11. The number of para-hydroxylation sites is 1. The van der Waals surface area contributed by atoms with Crippen LogP contribution in [0.4, 0.5) is 0 Å². The first-order valence-electron chi connectivity index (χ1n) is 8.62. The highest BCUT2D eigenvalue weighted by molar-refractivity contribution is 6.37. The molecule has 2 heterocycles. The number of benzene rings is 1. The summed E-state index contributed by atoms with van der Waals surface area (Å²) in [7, 11) is 0. The third-order valence-electron chi connectivity index (χ3n) is 4.34. The molecule has 0 unspecified atom stereocenters. The van der Waals surface area contributed by atoms with E-state index in [1.54, 1.807) is 35.2 Å². The summed E-state index contributed by atoms with van der Waals surface area (Å²) in [6.07, 6.45) is 2.58. The van der Waals surface area contributed by atoms with E-state index < -0.39 is 0 Å². The Morgan fingerprint density at radius 3 is 2.41 bits per heavy atom. The first-order chi connectivity index (χ1) is 13.1. The number of hydrogen-bond donors (Lipinski definition) is 0. The van der Waals surface area contributed by atoms with Crippen LogP contribution in [0.25, 0.3) is 0 Å². The van der Waals surface area contributed by atoms with E-state index in [4.69, 9.17) is 37.1 Å². The van der Waals surface area contributed by atoms with Gasteiger partial charge in [0.1, 0.15) is 13.2 Å². The number of likely N-dealkylation sites (tertiary alicyclic amines) is 1. The smallest absolute Gasteiger partial charge is 0.309 e. The Hall–Kier alpha value is -2.18. The first-order valence-corrected chi connectivity index (χ1v) is 9.38. The number of hydrogen-bond acceptors (Lipinski definition) is 5. The molecule has 0 spiro atoms. The molecule has 6 nitrogen and oxygen atoms in total. The number of furan rings is 1. The summed E-state index contributed by atoms with van der Waals surface area (Å²) in [6.45, 7) is 1.24. The van der Waals surface area contributed by atoms with E-state index in [1.807, 2.05) is 0 Å². The molecule has 1 aromatic heterocycles. The van der Waals surface area contributed by atoms with Crippen LogP contribution in [-0.2, 0) is 9.53 Å². The Bertz CT molecular complexity index is 765. The molecule has 2 aromatic rings. The van der Waals surface area contributed by atoms with Gasteiger partial charge in [-0.05, 0) is 37.1 Å². The molecule has 0 radical (unpaired) electrons. The molecule has 0 atom stereocenters. The molecule has 1 fully saturated rings. The molecular weight excluding hydrogens is 393 g/mol. The van der Waals surface area contributed by atoms with Crippen molar-refractivity contribution in [2.75, 3.05) is 26.3 Å². The van der Waals surface area contributed by atoms with E-state index in [0.29, 0.717) is 47.5 Å². The van der Waals surface area contributed by atoms with Crippen LogP contribution < -0.4 is 4.74 Å². The van der Waals surface area contributed by atoms with Gasteiger partial charge in [0.15, 0.2) is 11.5 Å². The molecule has 144 valence electrons. The Kier molecular flexibility index (Phi) is 6.63. The molecule has 8 heteroatoms. The summed E-state index contributed by atoms with van der Waals surface area (Å²) in [4.78, 5) is 26.1. The molecule has 0 aliphatic carbocycles. The third kappa shape index (κ3) is 4.96. The molecule has 1 saturated heterocycles. The van der Waals surface area contributed by atoms with Gasteiger partial charge in [-0.1, -0.05) is 29.3 Å². The summed E-state index contributed by atoms with van der Waals surface area (Å²) < 4.78 is 15.9. The van der Waals surface area contributed by atoms with Crippen LogP contribution in [0.1, 0.15) is 23.4 Å². The maximum Gasteiger partial charge on any atom is 0.309 e. The number of nitrogens with zero attached hydrogens (tertiary/aromatic N) is 1. The van der Waals surface area contributed by atoms with Crippen LogP contribution in [0.5, 0.6) is 5.75 Å². The molecule has 1 amide bonds. The molecule has 27 heavy (non-hydrogen) atoms. The molecule has 1 aliphatic rings. The third-order valence-corrected chi connectivity index (χ3v) is 4.94. The number of rotatable bonds is 6. The van der Waals surface area contributed by atoms with Crippen molar-refractivity contribution in [1.29, 1.82) is 0 Å². The van der Waals surface area contributed by atoms with Gasteiger partial charge in [0.2, 0.25) is 0 Å². The van der Waals surface area contributed by atoms with Gasteiger partial charge in [0.05, 0.1) is 22.2 Å². The minimum atomic E-state index is -0.283. The summed E-state index contributed by atoms with van der Waals surface area (Å²) >= 11 is 12.0. The van der Waals surface area contributed by atoms with Gasteiger partial charge in [-0.25, -0.2) is 0 Å². The zero-order chi connectivity index (χ0) is 19.2. The number of piperidine rings is 1. The van der Waals surface area contributed by atoms with Crippen molar-refractivity contribution in [1.82, 2.24) is 4.90 Å². The SMILES string of the molecule is O=C(OCCOc1c(Cl)cccc1Cl)C1CCN(C(=O)c2ccco2)CC1. The lowest BCUT2D eigenvalue weighted by atomic mass is 9.97.